The van der Waals surface area contributed by atoms with Gasteiger partial charge < -0.3 is 15.2 Å². The van der Waals surface area contributed by atoms with Gasteiger partial charge in [-0.1, -0.05) is 41.6 Å². The van der Waals surface area contributed by atoms with Gasteiger partial charge in [0.1, 0.15) is 5.76 Å². The van der Waals surface area contributed by atoms with E-state index in [1.54, 1.807) is 0 Å². The Labute approximate surface area is 209 Å². The third kappa shape index (κ3) is 4.31. The lowest BCUT2D eigenvalue weighted by molar-refractivity contribution is 0.102. The van der Waals surface area contributed by atoms with Crippen molar-refractivity contribution in [2.45, 2.75) is 34.6 Å². The van der Waals surface area contributed by atoms with Gasteiger partial charge in [-0.2, -0.15) is 0 Å². The number of hydrogen-bond acceptors (Lipinski definition) is 6. The van der Waals surface area contributed by atoms with E-state index in [2.05, 4.69) is 15.8 Å². The maximum absolute atomic E-state index is 13.0. The van der Waals surface area contributed by atoms with E-state index in [9.17, 15) is 4.79 Å². The zero-order valence-electron chi connectivity index (χ0n) is 20.9. The van der Waals surface area contributed by atoms with Gasteiger partial charge in [0, 0.05) is 22.3 Å². The lowest BCUT2D eigenvalue weighted by Gasteiger charge is -2.14. The van der Waals surface area contributed by atoms with Gasteiger partial charge in [-0.25, -0.2) is 9.97 Å². The van der Waals surface area contributed by atoms with Crippen LogP contribution < -0.4 is 10.6 Å². The molecule has 7 nitrogen and oxygen atoms in total. The van der Waals surface area contributed by atoms with E-state index in [0.29, 0.717) is 17.3 Å². The number of fused-ring (bicyclic) bond motifs is 1. The molecule has 0 atom stereocenters. The first kappa shape index (κ1) is 23.2. The van der Waals surface area contributed by atoms with Crippen LogP contribution in [0.2, 0.25) is 0 Å². The minimum absolute atomic E-state index is 0.140. The number of nitrogens with one attached hydrogen (secondary N) is 2. The highest BCUT2D eigenvalue weighted by Gasteiger charge is 2.18. The van der Waals surface area contributed by atoms with Crippen molar-refractivity contribution in [1.82, 2.24) is 15.1 Å². The molecule has 0 saturated heterocycles. The summed E-state index contributed by atoms with van der Waals surface area (Å²) < 4.78 is 5.40. The van der Waals surface area contributed by atoms with Crippen molar-refractivity contribution >= 4 is 34.1 Å². The largest absolute Gasteiger partial charge is 0.361 e. The fraction of sp³-hybridized carbons (Fsp3) is 0.172. The molecule has 5 rings (SSSR count). The highest BCUT2D eigenvalue weighted by Crippen LogP contribution is 2.32. The quantitative estimate of drug-likeness (QED) is 0.288. The molecule has 3 aromatic carbocycles. The SMILES string of the molecule is Cc1cc(Nc2nc(-c3c(C)noc3C)c3ccccc3n2)ccc1C(=O)Nc1c(C)cccc1C. The molecule has 180 valence electrons. The minimum atomic E-state index is -0.140. The molecule has 0 aliphatic heterocycles. The molecule has 0 unspecified atom stereocenters. The minimum Gasteiger partial charge on any atom is -0.361 e. The molecule has 0 radical (unpaired) electrons. The Morgan fingerprint density at radius 2 is 1.58 bits per heavy atom. The average molecular weight is 478 g/mol. The van der Waals surface area contributed by atoms with Crippen LogP contribution in [0.4, 0.5) is 17.3 Å². The van der Waals surface area contributed by atoms with E-state index >= 15 is 0 Å². The normalized spacial score (nSPS) is 11.0. The molecule has 0 aliphatic carbocycles. The first-order chi connectivity index (χ1) is 17.3. The summed E-state index contributed by atoms with van der Waals surface area (Å²) in [5.74, 6) is 1.02. The summed E-state index contributed by atoms with van der Waals surface area (Å²) in [6.45, 7) is 9.68. The fourth-order valence-corrected chi connectivity index (χ4v) is 4.46. The molecule has 0 bridgehead atoms. The van der Waals surface area contributed by atoms with Crippen molar-refractivity contribution in [3.63, 3.8) is 0 Å². The Kier molecular flexibility index (Phi) is 5.98. The molecule has 0 spiro atoms. The number of aromatic nitrogens is 3. The van der Waals surface area contributed by atoms with Gasteiger partial charge in [0.05, 0.1) is 22.5 Å². The van der Waals surface area contributed by atoms with Crippen molar-refractivity contribution in [2.75, 3.05) is 10.6 Å². The zero-order valence-corrected chi connectivity index (χ0v) is 20.9. The monoisotopic (exact) mass is 477 g/mol. The lowest BCUT2D eigenvalue weighted by Crippen LogP contribution is -2.15. The molecule has 0 saturated carbocycles. The highest BCUT2D eigenvalue weighted by atomic mass is 16.5. The number of hydrogen-bond donors (Lipinski definition) is 2. The number of carbonyl (C=O) groups excluding carboxylic acids is 1. The number of para-hydroxylation sites is 2. The molecule has 0 aliphatic rings. The third-order valence-electron chi connectivity index (χ3n) is 6.32. The standard InChI is InChI=1S/C29H27N5O2/c1-16-9-8-10-17(2)26(16)32-28(35)22-14-13-21(15-18(22)3)30-29-31-24-12-7-6-11-23(24)27(33-29)25-19(4)34-36-20(25)5/h6-15H,1-5H3,(H,32,35)(H,30,31,33). The first-order valence-electron chi connectivity index (χ1n) is 11.8. The predicted octanol–water partition coefficient (Wildman–Crippen LogP) is 6.82. The molecule has 36 heavy (non-hydrogen) atoms. The molecular weight excluding hydrogens is 450 g/mol. The molecule has 5 aromatic rings. The predicted molar refractivity (Wildman–Crippen MR) is 143 cm³/mol. The van der Waals surface area contributed by atoms with Crippen LogP contribution in [0.25, 0.3) is 22.2 Å². The number of benzene rings is 3. The summed E-state index contributed by atoms with van der Waals surface area (Å²) in [6, 6.07) is 19.4. The summed E-state index contributed by atoms with van der Waals surface area (Å²) in [7, 11) is 0. The Hall–Kier alpha value is -4.52. The maximum atomic E-state index is 13.0. The van der Waals surface area contributed by atoms with Gasteiger partial charge in [0.2, 0.25) is 5.95 Å². The Balaban J connectivity index is 1.46. The number of nitrogens with zero attached hydrogens (tertiary/aromatic N) is 3. The molecule has 7 heteroatoms. The highest BCUT2D eigenvalue weighted by molar-refractivity contribution is 6.06. The van der Waals surface area contributed by atoms with Gasteiger partial charge in [-0.15, -0.1) is 0 Å². The van der Waals surface area contributed by atoms with E-state index < -0.39 is 0 Å². The maximum Gasteiger partial charge on any atom is 0.255 e. The first-order valence-corrected chi connectivity index (χ1v) is 11.8. The van der Waals surface area contributed by atoms with Gasteiger partial charge in [-0.3, -0.25) is 4.79 Å². The van der Waals surface area contributed by atoms with Crippen LogP contribution in [0.5, 0.6) is 0 Å². The topological polar surface area (TPSA) is 92.9 Å². The van der Waals surface area contributed by atoms with E-state index in [0.717, 1.165) is 55.9 Å². The summed E-state index contributed by atoms with van der Waals surface area (Å²) in [5, 5.41) is 11.4. The van der Waals surface area contributed by atoms with Gasteiger partial charge >= 0.3 is 0 Å². The average Bonchev–Trinajstić information content (AvgIpc) is 3.18. The number of amides is 1. The van der Waals surface area contributed by atoms with E-state index in [1.165, 1.54) is 0 Å². The molecule has 0 fully saturated rings. The summed E-state index contributed by atoms with van der Waals surface area (Å²) in [4.78, 5) is 22.6. The van der Waals surface area contributed by atoms with E-state index in [1.807, 2.05) is 95.3 Å². The van der Waals surface area contributed by atoms with Crippen LogP contribution in [0.1, 0.15) is 38.5 Å². The van der Waals surface area contributed by atoms with Crippen LogP contribution in [-0.2, 0) is 0 Å². The molecule has 1 amide bonds. The zero-order chi connectivity index (χ0) is 25.4. The summed E-state index contributed by atoms with van der Waals surface area (Å²) >= 11 is 0. The van der Waals surface area contributed by atoms with Crippen molar-refractivity contribution in [3.8, 4) is 11.3 Å². The van der Waals surface area contributed by atoms with Gasteiger partial charge in [0.25, 0.3) is 5.91 Å². The van der Waals surface area contributed by atoms with E-state index in [-0.39, 0.29) is 5.91 Å². The number of carbonyl (C=O) groups is 1. The van der Waals surface area contributed by atoms with Crippen molar-refractivity contribution in [3.05, 3.63) is 94.4 Å². The van der Waals surface area contributed by atoms with Crippen molar-refractivity contribution in [1.29, 1.82) is 0 Å². The Morgan fingerprint density at radius 3 is 2.28 bits per heavy atom. The lowest BCUT2D eigenvalue weighted by atomic mass is 10.0. The Morgan fingerprint density at radius 1 is 0.833 bits per heavy atom. The second kappa shape index (κ2) is 9.26. The molecule has 2 heterocycles. The molecular formula is C29H27N5O2. The van der Waals surface area contributed by atoms with Gasteiger partial charge in [-0.05, 0) is 75.6 Å². The Bertz CT molecular complexity index is 1580. The summed E-state index contributed by atoms with van der Waals surface area (Å²) in [5.41, 5.74) is 8.37. The number of aryl methyl sites for hydroxylation is 5. The second-order valence-corrected chi connectivity index (χ2v) is 8.99. The van der Waals surface area contributed by atoms with E-state index in [4.69, 9.17) is 14.5 Å². The fourth-order valence-electron chi connectivity index (χ4n) is 4.46. The molecule has 2 aromatic heterocycles. The molecule has 2 N–H and O–H groups in total. The van der Waals surface area contributed by atoms with Crippen molar-refractivity contribution in [2.24, 2.45) is 0 Å². The van der Waals surface area contributed by atoms with Crippen LogP contribution >= 0.6 is 0 Å². The van der Waals surface area contributed by atoms with Crippen molar-refractivity contribution < 1.29 is 9.32 Å². The van der Waals surface area contributed by atoms with Gasteiger partial charge in [0.15, 0.2) is 0 Å². The van der Waals surface area contributed by atoms with Crippen LogP contribution in [0.3, 0.4) is 0 Å². The number of rotatable bonds is 5. The third-order valence-corrected chi connectivity index (χ3v) is 6.32. The summed E-state index contributed by atoms with van der Waals surface area (Å²) in [6.07, 6.45) is 0. The smallest absolute Gasteiger partial charge is 0.255 e. The van der Waals surface area contributed by atoms with Crippen LogP contribution in [0, 0.1) is 34.6 Å². The van der Waals surface area contributed by atoms with Crippen LogP contribution in [0.15, 0.2) is 65.2 Å². The second-order valence-electron chi connectivity index (χ2n) is 8.99. The number of anilines is 3. The van der Waals surface area contributed by atoms with Crippen LogP contribution in [-0.4, -0.2) is 21.0 Å².